The van der Waals surface area contributed by atoms with E-state index < -0.39 is 0 Å². The summed E-state index contributed by atoms with van der Waals surface area (Å²) in [4.78, 5) is 2.53. The molecule has 0 aliphatic carbocycles. The Labute approximate surface area is 314 Å². The molecule has 252 valence electrons. The van der Waals surface area contributed by atoms with Gasteiger partial charge in [-0.25, -0.2) is 0 Å². The summed E-state index contributed by atoms with van der Waals surface area (Å²) in [6.45, 7) is -0.104. The Morgan fingerprint density at radius 1 is 0.418 bits per heavy atom. The fourth-order valence-corrected chi connectivity index (χ4v) is 10.2. The number of hydrogen-bond acceptors (Lipinski definition) is 3. The second-order valence-corrected chi connectivity index (χ2v) is 15.2. The molecule has 9 aromatic carbocycles. The van der Waals surface area contributed by atoms with Gasteiger partial charge in [-0.1, -0.05) is 103 Å². The monoisotopic (exact) mass is 698 g/mol. The number of rotatable bonds is 1. The fourth-order valence-electron chi connectivity index (χ4n) is 10.2. The molecule has 0 spiro atoms. The van der Waals surface area contributed by atoms with Gasteiger partial charge in [0.05, 0.1) is 5.69 Å². The molecule has 4 nitrogen and oxygen atoms in total. The topological polar surface area (TPSA) is 34.5 Å². The number of para-hydroxylation sites is 3. The van der Waals surface area contributed by atoms with E-state index in [2.05, 4.69) is 167 Å². The first-order chi connectivity index (χ1) is 27.3. The highest BCUT2D eigenvalue weighted by atomic mass is 16.3. The highest BCUT2D eigenvalue weighted by Crippen LogP contribution is 2.49. The van der Waals surface area contributed by atoms with Crippen molar-refractivity contribution in [3.8, 4) is 11.1 Å². The lowest BCUT2D eigenvalue weighted by molar-refractivity contribution is 0.669. The molecule has 3 aromatic heterocycles. The van der Waals surface area contributed by atoms with Crippen LogP contribution in [-0.2, 0) is 0 Å². The average molecular weight is 699 g/mol. The Bertz CT molecular complexity index is 3700. The number of furan rings is 2. The maximum atomic E-state index is 6.68. The van der Waals surface area contributed by atoms with E-state index in [4.69, 9.17) is 8.83 Å². The molecule has 0 atom stereocenters. The van der Waals surface area contributed by atoms with Gasteiger partial charge in [0.15, 0.2) is 0 Å². The van der Waals surface area contributed by atoms with Crippen molar-refractivity contribution in [1.82, 2.24) is 4.48 Å². The van der Waals surface area contributed by atoms with E-state index in [1.807, 2.05) is 6.07 Å². The number of benzene rings is 9. The van der Waals surface area contributed by atoms with Gasteiger partial charge in [-0.3, -0.25) is 0 Å². The molecule has 2 aliphatic heterocycles. The van der Waals surface area contributed by atoms with E-state index >= 15 is 0 Å². The lowest BCUT2D eigenvalue weighted by atomic mass is 9.44. The smallest absolute Gasteiger partial charge is 0.333 e. The van der Waals surface area contributed by atoms with E-state index in [9.17, 15) is 0 Å². The molecule has 0 unspecified atom stereocenters. The third-order valence-electron chi connectivity index (χ3n) is 12.5. The van der Waals surface area contributed by atoms with Crippen LogP contribution in [0.5, 0.6) is 0 Å². The van der Waals surface area contributed by atoms with Crippen LogP contribution in [0.15, 0.2) is 173 Å². The number of nitrogens with zero attached hydrogens (tertiary/aromatic N) is 2. The SMILES string of the molecule is c1ccc2cc3c(cc2c1)c1cccc2c1n3B1c3cc4oc5ccccc5c4cc3N(c3ccc4oc5ccccc5c4c3)c3c1c-2cc1ccccc31. The van der Waals surface area contributed by atoms with Gasteiger partial charge in [-0.2, -0.15) is 0 Å². The van der Waals surface area contributed by atoms with Crippen molar-refractivity contribution < 1.29 is 8.83 Å². The van der Waals surface area contributed by atoms with Crippen molar-refractivity contribution in [1.29, 1.82) is 0 Å². The van der Waals surface area contributed by atoms with Crippen LogP contribution in [0.25, 0.3) is 98.4 Å². The lowest BCUT2D eigenvalue weighted by Crippen LogP contribution is -2.56. The van der Waals surface area contributed by atoms with E-state index in [1.165, 1.54) is 71.1 Å². The highest BCUT2D eigenvalue weighted by Gasteiger charge is 2.44. The van der Waals surface area contributed by atoms with Gasteiger partial charge in [0.1, 0.15) is 22.3 Å². The second kappa shape index (κ2) is 9.84. The zero-order valence-electron chi connectivity index (χ0n) is 29.4. The van der Waals surface area contributed by atoms with Crippen molar-refractivity contribution >= 4 is 122 Å². The van der Waals surface area contributed by atoms with Gasteiger partial charge in [0, 0.05) is 65.7 Å². The van der Waals surface area contributed by atoms with Crippen LogP contribution in [0.4, 0.5) is 17.1 Å². The maximum absolute atomic E-state index is 6.68. The zero-order valence-corrected chi connectivity index (χ0v) is 29.4. The minimum absolute atomic E-state index is 0.104. The Balaban J connectivity index is 1.19. The van der Waals surface area contributed by atoms with Gasteiger partial charge in [-0.05, 0) is 93.3 Å². The molecule has 0 bridgehead atoms. The maximum Gasteiger partial charge on any atom is 0.333 e. The minimum atomic E-state index is -0.104. The molecule has 55 heavy (non-hydrogen) atoms. The van der Waals surface area contributed by atoms with Gasteiger partial charge in [-0.15, -0.1) is 0 Å². The van der Waals surface area contributed by atoms with E-state index in [1.54, 1.807) is 0 Å². The molecule has 0 N–H and O–H groups in total. The average Bonchev–Trinajstić information content (AvgIpc) is 3.90. The molecule has 0 radical (unpaired) electrons. The normalized spacial score (nSPS) is 13.4. The summed E-state index contributed by atoms with van der Waals surface area (Å²) in [6.07, 6.45) is 0. The Kier molecular flexibility index (Phi) is 5.06. The highest BCUT2D eigenvalue weighted by molar-refractivity contribution is 6.90. The molecule has 2 aliphatic rings. The first kappa shape index (κ1) is 28.3. The van der Waals surface area contributed by atoms with Gasteiger partial charge in [0.25, 0.3) is 0 Å². The second-order valence-electron chi connectivity index (χ2n) is 15.2. The summed E-state index contributed by atoms with van der Waals surface area (Å²) in [5, 5.41) is 12.0. The van der Waals surface area contributed by atoms with Crippen LogP contribution in [0, 0.1) is 0 Å². The lowest BCUT2D eigenvalue weighted by Gasteiger charge is -2.41. The molecule has 5 heterocycles. The van der Waals surface area contributed by atoms with Gasteiger partial charge in [0.2, 0.25) is 0 Å². The third kappa shape index (κ3) is 3.49. The molecule has 0 fully saturated rings. The summed E-state index contributed by atoms with van der Waals surface area (Å²) < 4.78 is 15.7. The van der Waals surface area contributed by atoms with Crippen LogP contribution in [0.2, 0.25) is 0 Å². The standard InChI is InChI=1S/C50H27BN2O2/c1-2-11-29-24-42-37(22-28(29)10-1)35-16-9-17-36-40-23-30-12-3-4-13-32(30)50-48(40)51(53(42)49(35)36)41-27-47-39(34-15-6-8-19-45(34)55-47)26-43(41)52(50)31-20-21-46-38(25-31)33-14-5-7-18-44(33)54-46/h1-27H. The van der Waals surface area contributed by atoms with Crippen LogP contribution < -0.4 is 15.8 Å². The number of aromatic nitrogens is 1. The van der Waals surface area contributed by atoms with E-state index in [0.29, 0.717) is 0 Å². The molecule has 0 saturated heterocycles. The third-order valence-corrected chi connectivity index (χ3v) is 12.5. The van der Waals surface area contributed by atoms with Crippen molar-refractivity contribution in [2.45, 2.75) is 0 Å². The van der Waals surface area contributed by atoms with Crippen LogP contribution >= 0.6 is 0 Å². The van der Waals surface area contributed by atoms with E-state index in [-0.39, 0.29) is 6.85 Å². The first-order valence-corrected chi connectivity index (χ1v) is 18.9. The number of anilines is 3. The summed E-state index contributed by atoms with van der Waals surface area (Å²) in [5.41, 5.74) is 14.6. The summed E-state index contributed by atoms with van der Waals surface area (Å²) in [5.74, 6) is 0. The van der Waals surface area contributed by atoms with Crippen molar-refractivity contribution in [2.75, 3.05) is 4.90 Å². The number of fused-ring (bicyclic) bond motifs is 16. The van der Waals surface area contributed by atoms with Crippen molar-refractivity contribution in [3.63, 3.8) is 0 Å². The fraction of sp³-hybridized carbons (Fsp3) is 0. The Morgan fingerprint density at radius 3 is 1.89 bits per heavy atom. The van der Waals surface area contributed by atoms with Crippen LogP contribution in [0.1, 0.15) is 0 Å². The summed E-state index contributed by atoms with van der Waals surface area (Å²) in [7, 11) is 0. The summed E-state index contributed by atoms with van der Waals surface area (Å²) >= 11 is 0. The molecule has 5 heteroatoms. The van der Waals surface area contributed by atoms with Gasteiger partial charge < -0.3 is 18.2 Å². The molecule has 14 rings (SSSR count). The van der Waals surface area contributed by atoms with Gasteiger partial charge >= 0.3 is 6.85 Å². The van der Waals surface area contributed by atoms with Crippen LogP contribution in [0.3, 0.4) is 0 Å². The Morgan fingerprint density at radius 2 is 1.07 bits per heavy atom. The summed E-state index contributed by atoms with van der Waals surface area (Å²) in [6, 6.07) is 59.9. The Hall–Kier alpha value is -7.24. The first-order valence-electron chi connectivity index (χ1n) is 18.9. The van der Waals surface area contributed by atoms with Crippen LogP contribution in [-0.4, -0.2) is 11.3 Å². The molecule has 0 saturated carbocycles. The molecular formula is C50H27BN2O2. The van der Waals surface area contributed by atoms with E-state index in [0.717, 1.165) is 55.3 Å². The molecule has 12 aromatic rings. The predicted molar refractivity (Wildman–Crippen MR) is 230 cm³/mol. The predicted octanol–water partition coefficient (Wildman–Crippen LogP) is 12.3. The minimum Gasteiger partial charge on any atom is -0.456 e. The number of hydrogen-bond donors (Lipinski definition) is 0. The molecule has 0 amide bonds. The molecular weight excluding hydrogens is 671 g/mol. The largest absolute Gasteiger partial charge is 0.456 e. The zero-order chi connectivity index (χ0) is 35.5. The quantitative estimate of drug-likeness (QED) is 0.160. The van der Waals surface area contributed by atoms with Crippen molar-refractivity contribution in [2.24, 2.45) is 0 Å². The van der Waals surface area contributed by atoms with Crippen molar-refractivity contribution in [3.05, 3.63) is 164 Å².